The predicted octanol–water partition coefficient (Wildman–Crippen LogP) is 1.42. The minimum Gasteiger partial charge on any atom is -0.308 e. The van der Waals surface area contributed by atoms with Crippen LogP contribution in [0.3, 0.4) is 0 Å². The summed E-state index contributed by atoms with van der Waals surface area (Å²) in [6, 6.07) is 1.86. The van der Waals surface area contributed by atoms with E-state index in [2.05, 4.69) is 24.8 Å². The van der Waals surface area contributed by atoms with Crippen molar-refractivity contribution in [3.05, 3.63) is 0 Å². The normalized spacial score (nSPS) is 11.7. The first-order valence-electron chi connectivity index (χ1n) is 2.27. The summed E-state index contributed by atoms with van der Waals surface area (Å²) < 4.78 is 0.269. The van der Waals surface area contributed by atoms with E-state index in [4.69, 9.17) is 10.7 Å². The second-order valence-electron chi connectivity index (χ2n) is 1.58. The van der Waals surface area contributed by atoms with Gasteiger partial charge in [0.25, 0.3) is 0 Å². The predicted molar refractivity (Wildman–Crippen MR) is 44.1 cm³/mol. The van der Waals surface area contributed by atoms with Crippen LogP contribution in [0, 0.1) is 22.7 Å². The first-order chi connectivity index (χ1) is 4.09. The van der Waals surface area contributed by atoms with Gasteiger partial charge in [-0.15, -0.1) is 12.6 Å². The molecule has 0 aromatic rings. The lowest BCUT2D eigenvalue weighted by Gasteiger charge is -2.00. The number of thiocarbonyl (C=S) groups is 1. The smallest absolute Gasteiger partial charge is 0.124 e. The molecule has 48 valence electrons. The molecule has 0 aromatic carbocycles. The molecular formula is C5H6N2S2. The number of nitriles is 1. The van der Waals surface area contributed by atoms with Gasteiger partial charge < -0.3 is 5.41 Å². The van der Waals surface area contributed by atoms with Crippen molar-refractivity contribution in [1.82, 2.24) is 0 Å². The van der Waals surface area contributed by atoms with Gasteiger partial charge in [0.1, 0.15) is 5.92 Å². The van der Waals surface area contributed by atoms with Crippen molar-refractivity contribution in [2.45, 2.75) is 6.92 Å². The van der Waals surface area contributed by atoms with Gasteiger partial charge in [0.15, 0.2) is 0 Å². The molecule has 0 saturated heterocycles. The van der Waals surface area contributed by atoms with Crippen molar-refractivity contribution in [2.24, 2.45) is 5.92 Å². The van der Waals surface area contributed by atoms with Crippen molar-refractivity contribution in [1.29, 1.82) is 10.7 Å². The van der Waals surface area contributed by atoms with Crippen LogP contribution in [-0.4, -0.2) is 9.91 Å². The van der Waals surface area contributed by atoms with Gasteiger partial charge in [-0.3, -0.25) is 0 Å². The van der Waals surface area contributed by atoms with Crippen LogP contribution in [0.1, 0.15) is 6.92 Å². The average Bonchev–Trinajstić information content (AvgIpc) is 1.64. The molecule has 4 heteroatoms. The molecule has 0 saturated carbocycles. The highest BCUT2D eigenvalue weighted by Gasteiger charge is 2.11. The van der Waals surface area contributed by atoms with Gasteiger partial charge in [-0.2, -0.15) is 5.26 Å². The Kier molecular flexibility index (Phi) is 3.43. The van der Waals surface area contributed by atoms with E-state index >= 15 is 0 Å². The van der Waals surface area contributed by atoms with Crippen molar-refractivity contribution in [2.75, 3.05) is 0 Å². The molecule has 0 radical (unpaired) electrons. The molecule has 0 aromatic heterocycles. The van der Waals surface area contributed by atoms with Crippen LogP contribution in [0.15, 0.2) is 0 Å². The summed E-state index contributed by atoms with van der Waals surface area (Å²) in [7, 11) is 0. The summed E-state index contributed by atoms with van der Waals surface area (Å²) in [6.07, 6.45) is 0. The third-order valence-electron chi connectivity index (χ3n) is 0.809. The quantitative estimate of drug-likeness (QED) is 0.363. The lowest BCUT2D eigenvalue weighted by atomic mass is 10.1. The molecule has 0 fully saturated rings. The first-order valence-corrected chi connectivity index (χ1v) is 3.12. The van der Waals surface area contributed by atoms with Gasteiger partial charge >= 0.3 is 0 Å². The van der Waals surface area contributed by atoms with Gasteiger partial charge in [-0.05, 0) is 6.92 Å². The van der Waals surface area contributed by atoms with Crippen LogP contribution in [0.2, 0.25) is 0 Å². The summed E-state index contributed by atoms with van der Waals surface area (Å²) in [5.74, 6) is -0.594. The van der Waals surface area contributed by atoms with Gasteiger partial charge in [0, 0.05) is 5.71 Å². The van der Waals surface area contributed by atoms with Crippen LogP contribution in [-0.2, 0) is 0 Å². The molecule has 2 nitrogen and oxygen atoms in total. The molecule has 0 aliphatic heterocycles. The third-order valence-corrected chi connectivity index (χ3v) is 1.30. The van der Waals surface area contributed by atoms with E-state index in [0.29, 0.717) is 0 Å². The van der Waals surface area contributed by atoms with Crippen molar-refractivity contribution in [3.63, 3.8) is 0 Å². The highest BCUT2D eigenvalue weighted by Crippen LogP contribution is 2.03. The SMILES string of the molecule is CC(=N)[C@H](C#N)C(=S)S. The van der Waals surface area contributed by atoms with E-state index < -0.39 is 5.92 Å². The van der Waals surface area contributed by atoms with Crippen molar-refractivity contribution in [3.8, 4) is 6.07 Å². The van der Waals surface area contributed by atoms with Crippen LogP contribution in [0.25, 0.3) is 0 Å². The molecule has 0 heterocycles. The van der Waals surface area contributed by atoms with E-state index in [1.165, 1.54) is 6.92 Å². The Bertz CT molecular complexity index is 166. The Morgan fingerprint density at radius 3 is 2.33 bits per heavy atom. The maximum Gasteiger partial charge on any atom is 0.124 e. The van der Waals surface area contributed by atoms with Gasteiger partial charge in [-0.25, -0.2) is 0 Å². The molecule has 0 aliphatic carbocycles. The standard InChI is InChI=1S/C5H6N2S2/c1-3(7)4(2-6)5(8)9/h4,7H,1H3,(H,8,9)/t4-/m0/s1. The van der Waals surface area contributed by atoms with E-state index in [-0.39, 0.29) is 9.91 Å². The summed E-state index contributed by atoms with van der Waals surface area (Å²) in [5.41, 5.74) is 0.248. The summed E-state index contributed by atoms with van der Waals surface area (Å²) in [6.45, 7) is 1.54. The van der Waals surface area contributed by atoms with Crippen LogP contribution in [0.5, 0.6) is 0 Å². The van der Waals surface area contributed by atoms with E-state index in [1.54, 1.807) is 0 Å². The molecule has 0 bridgehead atoms. The number of thiol groups is 1. The number of nitrogens with one attached hydrogen (secondary N) is 1. The highest BCUT2D eigenvalue weighted by atomic mass is 32.1. The number of rotatable bonds is 2. The van der Waals surface area contributed by atoms with Gasteiger partial charge in [0.2, 0.25) is 0 Å². The zero-order chi connectivity index (χ0) is 7.44. The molecule has 0 rings (SSSR count). The molecule has 9 heavy (non-hydrogen) atoms. The summed E-state index contributed by atoms with van der Waals surface area (Å²) in [5, 5.41) is 15.4. The fourth-order valence-corrected chi connectivity index (χ4v) is 0.818. The Balaban J connectivity index is 4.22. The molecular weight excluding hydrogens is 152 g/mol. The average molecular weight is 158 g/mol. The number of hydrogen-bond acceptors (Lipinski definition) is 3. The second kappa shape index (κ2) is 3.59. The van der Waals surface area contributed by atoms with Gasteiger partial charge in [-0.1, -0.05) is 12.2 Å². The van der Waals surface area contributed by atoms with Crippen LogP contribution in [0.4, 0.5) is 0 Å². The fourth-order valence-electron chi connectivity index (χ4n) is 0.337. The van der Waals surface area contributed by atoms with Gasteiger partial charge in [0.05, 0.1) is 10.3 Å². The first kappa shape index (κ1) is 8.60. The lowest BCUT2D eigenvalue weighted by molar-refractivity contribution is 1.20. The Labute approximate surface area is 64.8 Å². The Hall–Kier alpha value is -0.400. The molecule has 0 amide bonds. The topological polar surface area (TPSA) is 47.6 Å². The van der Waals surface area contributed by atoms with E-state index in [9.17, 15) is 0 Å². The Morgan fingerprint density at radius 1 is 1.89 bits per heavy atom. The largest absolute Gasteiger partial charge is 0.308 e. The zero-order valence-corrected chi connectivity index (χ0v) is 6.59. The van der Waals surface area contributed by atoms with E-state index in [0.717, 1.165) is 0 Å². The number of nitrogens with zero attached hydrogens (tertiary/aromatic N) is 1. The lowest BCUT2D eigenvalue weighted by Crippen LogP contribution is -2.12. The fraction of sp³-hybridized carbons (Fsp3) is 0.400. The molecule has 0 aliphatic rings. The maximum atomic E-state index is 8.34. The third kappa shape index (κ3) is 2.59. The highest BCUT2D eigenvalue weighted by molar-refractivity contribution is 8.11. The molecule has 0 spiro atoms. The summed E-state index contributed by atoms with van der Waals surface area (Å²) in [4.78, 5) is 0. The summed E-state index contributed by atoms with van der Waals surface area (Å²) >= 11 is 8.37. The van der Waals surface area contributed by atoms with E-state index in [1.807, 2.05) is 6.07 Å². The van der Waals surface area contributed by atoms with Crippen molar-refractivity contribution < 1.29 is 0 Å². The monoisotopic (exact) mass is 158 g/mol. The van der Waals surface area contributed by atoms with Crippen LogP contribution < -0.4 is 0 Å². The van der Waals surface area contributed by atoms with Crippen LogP contribution >= 0.6 is 24.8 Å². The number of hydrogen-bond donors (Lipinski definition) is 2. The maximum absolute atomic E-state index is 8.34. The zero-order valence-electron chi connectivity index (χ0n) is 4.88. The van der Waals surface area contributed by atoms with Crippen molar-refractivity contribution >= 4 is 34.8 Å². The minimum absolute atomic E-state index is 0.248. The minimum atomic E-state index is -0.594. The second-order valence-corrected chi connectivity index (χ2v) is 2.81. The Morgan fingerprint density at radius 2 is 2.33 bits per heavy atom. The molecule has 0 unspecified atom stereocenters. The molecule has 1 N–H and O–H groups in total. The molecule has 1 atom stereocenters.